The summed E-state index contributed by atoms with van der Waals surface area (Å²) in [5, 5.41) is 0. The fourth-order valence-electron chi connectivity index (χ4n) is 1.56. The molecule has 0 saturated heterocycles. The van der Waals surface area contributed by atoms with Gasteiger partial charge in [-0.05, 0) is 6.92 Å². The summed E-state index contributed by atoms with van der Waals surface area (Å²) in [5.41, 5.74) is 0.623. The van der Waals surface area contributed by atoms with Crippen LogP contribution in [0.2, 0.25) is 0 Å². The molecule has 1 rings (SSSR count). The maximum Gasteiger partial charge on any atom is 0.259 e. The number of carbonyl (C=O) groups is 1. The van der Waals surface area contributed by atoms with Gasteiger partial charge in [-0.25, -0.2) is 0 Å². The van der Waals surface area contributed by atoms with E-state index in [1.54, 1.807) is 21.1 Å². The van der Waals surface area contributed by atoms with Crippen molar-refractivity contribution in [1.29, 1.82) is 0 Å². The first kappa shape index (κ1) is 14.9. The van der Waals surface area contributed by atoms with Crippen LogP contribution in [-0.2, 0) is 4.74 Å². The van der Waals surface area contributed by atoms with Gasteiger partial charge in [-0.1, -0.05) is 15.9 Å². The normalized spacial score (nSPS) is 12.2. The lowest BCUT2D eigenvalue weighted by molar-refractivity contribution is 0.0782. The van der Waals surface area contributed by atoms with Crippen molar-refractivity contribution in [3.8, 4) is 0 Å². The van der Waals surface area contributed by atoms with Crippen LogP contribution in [0.4, 0.5) is 0 Å². The van der Waals surface area contributed by atoms with E-state index in [4.69, 9.17) is 4.74 Å². The van der Waals surface area contributed by atoms with E-state index in [2.05, 4.69) is 20.9 Å². The summed E-state index contributed by atoms with van der Waals surface area (Å²) in [6.45, 7) is 2.74. The number of nitrogens with zero attached hydrogens (tertiary/aromatic N) is 1. The van der Waals surface area contributed by atoms with E-state index in [1.165, 1.54) is 17.2 Å². The van der Waals surface area contributed by atoms with Crippen molar-refractivity contribution in [2.75, 3.05) is 27.3 Å². The topological polar surface area (TPSA) is 62.4 Å². The van der Waals surface area contributed by atoms with E-state index in [-0.39, 0.29) is 21.7 Å². The Balaban J connectivity index is 2.77. The Morgan fingerprint density at radius 2 is 2.28 bits per heavy atom. The zero-order valence-electron chi connectivity index (χ0n) is 10.7. The highest BCUT2D eigenvalue weighted by atomic mass is 79.9. The quantitative estimate of drug-likeness (QED) is 0.829. The van der Waals surface area contributed by atoms with Crippen LogP contribution >= 0.6 is 15.9 Å². The summed E-state index contributed by atoms with van der Waals surface area (Å²) in [5.74, 6) is -0.295. The molecule has 0 aliphatic carbocycles. The molecular formula is C12H17BrN2O3. The van der Waals surface area contributed by atoms with Gasteiger partial charge >= 0.3 is 0 Å². The molecule has 0 saturated carbocycles. The summed E-state index contributed by atoms with van der Waals surface area (Å²) in [6, 6.07) is 1.42. The summed E-state index contributed by atoms with van der Waals surface area (Å²) >= 11 is 3.40. The third kappa shape index (κ3) is 3.96. The van der Waals surface area contributed by atoms with Gasteiger partial charge < -0.3 is 14.6 Å². The van der Waals surface area contributed by atoms with E-state index in [1.807, 2.05) is 0 Å². The van der Waals surface area contributed by atoms with E-state index in [0.29, 0.717) is 13.2 Å². The summed E-state index contributed by atoms with van der Waals surface area (Å²) in [6.07, 6.45) is 1.45. The van der Waals surface area contributed by atoms with Crippen molar-refractivity contribution >= 4 is 21.8 Å². The van der Waals surface area contributed by atoms with Crippen molar-refractivity contribution < 1.29 is 9.53 Å². The first-order valence-corrected chi connectivity index (χ1v) is 6.45. The molecule has 1 N–H and O–H groups in total. The number of aromatic amines is 1. The van der Waals surface area contributed by atoms with Gasteiger partial charge in [0.1, 0.15) is 5.56 Å². The fraction of sp³-hybridized carbons (Fsp3) is 0.500. The van der Waals surface area contributed by atoms with E-state index in [9.17, 15) is 9.59 Å². The number of carbonyl (C=O) groups excluding carboxylic acids is 1. The Bertz CT molecular complexity index is 473. The van der Waals surface area contributed by atoms with Gasteiger partial charge in [0.15, 0.2) is 5.43 Å². The summed E-state index contributed by atoms with van der Waals surface area (Å²) in [4.78, 5) is 28.2. The third-order valence-corrected chi connectivity index (χ3v) is 3.01. The molecule has 1 amide bonds. The fourth-order valence-corrected chi connectivity index (χ4v) is 2.26. The third-order valence-electron chi connectivity index (χ3n) is 2.45. The molecule has 0 aromatic carbocycles. The maximum absolute atomic E-state index is 12.1. The van der Waals surface area contributed by atoms with E-state index < -0.39 is 0 Å². The second-order valence-electron chi connectivity index (χ2n) is 4.13. The summed E-state index contributed by atoms with van der Waals surface area (Å²) in [7, 11) is 3.26. The lowest BCUT2D eigenvalue weighted by Crippen LogP contribution is -2.36. The highest BCUT2D eigenvalue weighted by Gasteiger charge is 2.17. The molecule has 1 unspecified atom stereocenters. The molecule has 0 radical (unpaired) electrons. The van der Waals surface area contributed by atoms with Crippen LogP contribution in [-0.4, -0.2) is 47.9 Å². The number of halogens is 1. The van der Waals surface area contributed by atoms with Crippen LogP contribution < -0.4 is 5.43 Å². The second kappa shape index (κ2) is 6.70. The minimum Gasteiger partial charge on any atom is -0.383 e. The number of nitrogens with one attached hydrogen (secondary N) is 1. The average Bonchev–Trinajstić information content (AvgIpc) is 2.28. The number of ether oxygens (including phenoxy) is 1. The molecule has 0 aliphatic rings. The number of amides is 1. The van der Waals surface area contributed by atoms with Crippen LogP contribution in [0.25, 0.3) is 0 Å². The van der Waals surface area contributed by atoms with Crippen molar-refractivity contribution in [2.45, 2.75) is 11.8 Å². The standard InChI is InChI=1S/C12H17BrN2O3/c1-8-4-11(16)10(5-14-8)12(17)15(2)6-9(13)7-18-3/h4-5,9H,6-7H2,1-3H3,(H,14,16). The molecular weight excluding hydrogens is 300 g/mol. The molecule has 1 aromatic rings. The van der Waals surface area contributed by atoms with Gasteiger partial charge in [-0.2, -0.15) is 0 Å². The molecule has 1 heterocycles. The monoisotopic (exact) mass is 316 g/mol. The molecule has 18 heavy (non-hydrogen) atoms. The van der Waals surface area contributed by atoms with Crippen LogP contribution in [0, 0.1) is 6.92 Å². The van der Waals surface area contributed by atoms with Gasteiger partial charge in [0.25, 0.3) is 5.91 Å². The lowest BCUT2D eigenvalue weighted by atomic mass is 10.2. The maximum atomic E-state index is 12.1. The number of hydrogen-bond donors (Lipinski definition) is 1. The number of pyridine rings is 1. The molecule has 5 nitrogen and oxygen atoms in total. The Labute approximate surface area is 114 Å². The number of aryl methyl sites for hydroxylation is 1. The predicted molar refractivity (Wildman–Crippen MR) is 73.4 cm³/mol. The number of methoxy groups -OCH3 is 1. The number of H-pyrrole nitrogens is 1. The molecule has 0 spiro atoms. The van der Waals surface area contributed by atoms with Crippen molar-refractivity contribution in [3.05, 3.63) is 33.7 Å². The van der Waals surface area contributed by atoms with E-state index >= 15 is 0 Å². The first-order valence-electron chi connectivity index (χ1n) is 5.53. The SMILES string of the molecule is COCC(Br)CN(C)C(=O)c1c[nH]c(C)cc1=O. The minimum atomic E-state index is -0.295. The highest BCUT2D eigenvalue weighted by Crippen LogP contribution is 2.05. The first-order chi connectivity index (χ1) is 8.45. The van der Waals surface area contributed by atoms with Gasteiger partial charge in [0, 0.05) is 38.7 Å². The number of alkyl halides is 1. The summed E-state index contributed by atoms with van der Waals surface area (Å²) < 4.78 is 4.98. The molecule has 0 bridgehead atoms. The molecule has 0 aliphatic heterocycles. The van der Waals surface area contributed by atoms with Crippen molar-refractivity contribution in [2.24, 2.45) is 0 Å². The number of aromatic nitrogens is 1. The smallest absolute Gasteiger partial charge is 0.259 e. The van der Waals surface area contributed by atoms with Gasteiger partial charge in [0.2, 0.25) is 0 Å². The Kier molecular flexibility index (Phi) is 5.55. The zero-order chi connectivity index (χ0) is 13.7. The van der Waals surface area contributed by atoms with Crippen LogP contribution in [0.3, 0.4) is 0 Å². The Hall–Kier alpha value is -1.14. The van der Waals surface area contributed by atoms with Crippen LogP contribution in [0.5, 0.6) is 0 Å². The predicted octanol–water partition coefficient (Wildman–Crippen LogP) is 1.17. The number of hydrogen-bond acceptors (Lipinski definition) is 3. The van der Waals surface area contributed by atoms with Gasteiger partial charge in [0.05, 0.1) is 11.4 Å². The Morgan fingerprint density at radius 3 is 2.83 bits per heavy atom. The van der Waals surface area contributed by atoms with E-state index in [0.717, 1.165) is 5.69 Å². The van der Waals surface area contributed by atoms with Crippen LogP contribution in [0.15, 0.2) is 17.1 Å². The molecule has 1 atom stereocenters. The minimum absolute atomic E-state index is 0.0426. The van der Waals surface area contributed by atoms with Crippen molar-refractivity contribution in [1.82, 2.24) is 9.88 Å². The number of rotatable bonds is 5. The molecule has 100 valence electrons. The molecule has 1 aromatic heterocycles. The molecule has 0 fully saturated rings. The highest BCUT2D eigenvalue weighted by molar-refractivity contribution is 9.09. The van der Waals surface area contributed by atoms with Crippen LogP contribution in [0.1, 0.15) is 16.1 Å². The molecule has 6 heteroatoms. The van der Waals surface area contributed by atoms with Gasteiger partial charge in [-0.15, -0.1) is 0 Å². The zero-order valence-corrected chi connectivity index (χ0v) is 12.3. The van der Waals surface area contributed by atoms with Gasteiger partial charge in [-0.3, -0.25) is 9.59 Å². The second-order valence-corrected chi connectivity index (χ2v) is 5.43. The largest absolute Gasteiger partial charge is 0.383 e. The van der Waals surface area contributed by atoms with Crippen molar-refractivity contribution in [3.63, 3.8) is 0 Å². The average molecular weight is 317 g/mol. The Morgan fingerprint density at radius 1 is 1.61 bits per heavy atom. The lowest BCUT2D eigenvalue weighted by Gasteiger charge is -2.20.